The molecule has 0 saturated heterocycles. The van der Waals surface area contributed by atoms with Gasteiger partial charge in [-0.15, -0.1) is 0 Å². The topological polar surface area (TPSA) is 105 Å². The number of nitrogens with zero attached hydrogens (tertiary/aromatic N) is 4. The summed E-state index contributed by atoms with van der Waals surface area (Å²) >= 11 is 0. The van der Waals surface area contributed by atoms with Gasteiger partial charge in [0.05, 0.1) is 6.54 Å². The molecule has 0 aromatic carbocycles. The van der Waals surface area contributed by atoms with E-state index in [1.54, 1.807) is 13.1 Å². The quantitative estimate of drug-likeness (QED) is 0.848. The highest BCUT2D eigenvalue weighted by Gasteiger charge is 2.24. The number of hydrogen-bond acceptors (Lipinski definition) is 6. The molecule has 140 valence electrons. The van der Waals surface area contributed by atoms with Gasteiger partial charge < -0.3 is 14.4 Å². The van der Waals surface area contributed by atoms with Crippen LogP contribution in [0.5, 0.6) is 0 Å². The van der Waals surface area contributed by atoms with Crippen molar-refractivity contribution in [2.45, 2.75) is 58.4 Å². The summed E-state index contributed by atoms with van der Waals surface area (Å²) in [6, 6.07) is 1.64. The van der Waals surface area contributed by atoms with E-state index in [1.807, 2.05) is 13.8 Å². The molecule has 2 aromatic heterocycles. The van der Waals surface area contributed by atoms with Crippen molar-refractivity contribution in [3.63, 3.8) is 0 Å². The van der Waals surface area contributed by atoms with E-state index >= 15 is 0 Å². The Labute approximate surface area is 152 Å². The van der Waals surface area contributed by atoms with Gasteiger partial charge in [-0.2, -0.15) is 9.97 Å². The monoisotopic (exact) mass is 359 g/mol. The maximum absolute atomic E-state index is 12.6. The molecule has 0 atom stereocenters. The van der Waals surface area contributed by atoms with Crippen molar-refractivity contribution < 1.29 is 9.32 Å². The smallest absolute Gasteiger partial charge is 0.339 e. The molecule has 1 aliphatic rings. The van der Waals surface area contributed by atoms with Crippen molar-refractivity contribution in [3.8, 4) is 0 Å². The third-order valence-electron chi connectivity index (χ3n) is 4.56. The number of hydrogen-bond donors (Lipinski definition) is 1. The van der Waals surface area contributed by atoms with Crippen molar-refractivity contribution in [1.82, 2.24) is 25.0 Å². The van der Waals surface area contributed by atoms with E-state index in [-0.39, 0.29) is 18.1 Å². The first-order valence-corrected chi connectivity index (χ1v) is 9.10. The fourth-order valence-corrected chi connectivity index (χ4v) is 3.32. The van der Waals surface area contributed by atoms with Gasteiger partial charge >= 0.3 is 5.69 Å². The third-order valence-corrected chi connectivity index (χ3v) is 4.56. The van der Waals surface area contributed by atoms with E-state index in [1.165, 1.54) is 17.7 Å². The summed E-state index contributed by atoms with van der Waals surface area (Å²) in [5, 5.41) is 3.98. The molecule has 3 rings (SSSR count). The van der Waals surface area contributed by atoms with Crippen molar-refractivity contribution in [3.05, 3.63) is 39.7 Å². The van der Waals surface area contributed by atoms with Gasteiger partial charge in [-0.25, -0.2) is 4.79 Å². The lowest BCUT2D eigenvalue weighted by molar-refractivity contribution is 0.0774. The van der Waals surface area contributed by atoms with Crippen LogP contribution in [0.25, 0.3) is 0 Å². The summed E-state index contributed by atoms with van der Waals surface area (Å²) in [6.45, 7) is 4.30. The molecule has 0 radical (unpaired) electrons. The molecule has 1 amide bonds. The minimum atomic E-state index is -0.511. The highest BCUT2D eigenvalue weighted by molar-refractivity contribution is 5.92. The van der Waals surface area contributed by atoms with Gasteiger partial charge in [0.1, 0.15) is 5.69 Å². The summed E-state index contributed by atoms with van der Waals surface area (Å²) in [4.78, 5) is 36.7. The van der Waals surface area contributed by atoms with Crippen LogP contribution in [0.3, 0.4) is 0 Å². The molecule has 8 heteroatoms. The third kappa shape index (κ3) is 4.36. The minimum Gasteiger partial charge on any atom is -0.339 e. The largest absolute Gasteiger partial charge is 0.345 e. The van der Waals surface area contributed by atoms with Crippen molar-refractivity contribution in [2.24, 2.45) is 5.92 Å². The maximum Gasteiger partial charge on any atom is 0.345 e. The fourth-order valence-electron chi connectivity index (χ4n) is 3.32. The molecule has 0 spiro atoms. The minimum absolute atomic E-state index is 0.131. The Bertz CT molecular complexity index is 820. The second-order valence-corrected chi connectivity index (χ2v) is 7.39. The van der Waals surface area contributed by atoms with Crippen LogP contribution in [0.4, 0.5) is 0 Å². The SMILES string of the molecule is CC(C)Cc1cc(C(=O)N(C)Cc2noc(C3CCCC3)n2)nc(=O)[nH]1. The van der Waals surface area contributed by atoms with Crippen molar-refractivity contribution in [1.29, 1.82) is 0 Å². The van der Waals surface area contributed by atoms with E-state index < -0.39 is 5.69 Å². The average molecular weight is 359 g/mol. The van der Waals surface area contributed by atoms with Crippen LogP contribution in [0, 0.1) is 5.92 Å². The number of nitrogens with one attached hydrogen (secondary N) is 1. The van der Waals surface area contributed by atoms with Crippen molar-refractivity contribution in [2.75, 3.05) is 7.05 Å². The van der Waals surface area contributed by atoms with Gasteiger partial charge in [-0.1, -0.05) is 31.8 Å². The van der Waals surface area contributed by atoms with Crippen LogP contribution >= 0.6 is 0 Å². The van der Waals surface area contributed by atoms with Crippen LogP contribution in [-0.2, 0) is 13.0 Å². The second kappa shape index (κ2) is 7.80. The number of carbonyl (C=O) groups is 1. The molecule has 2 heterocycles. The zero-order chi connectivity index (χ0) is 18.7. The van der Waals surface area contributed by atoms with Crippen LogP contribution in [0.1, 0.15) is 73.3 Å². The number of amides is 1. The molecule has 1 fully saturated rings. The van der Waals surface area contributed by atoms with E-state index in [0.717, 1.165) is 12.8 Å². The highest BCUT2D eigenvalue weighted by atomic mass is 16.5. The molecule has 8 nitrogen and oxygen atoms in total. The molecular weight excluding hydrogens is 334 g/mol. The van der Waals surface area contributed by atoms with Gasteiger partial charge in [0.2, 0.25) is 5.89 Å². The molecule has 1 N–H and O–H groups in total. The number of rotatable bonds is 6. The Morgan fingerprint density at radius 3 is 2.77 bits per heavy atom. The molecule has 1 aliphatic carbocycles. The molecule has 0 unspecified atom stereocenters. The summed E-state index contributed by atoms with van der Waals surface area (Å²) in [5.74, 6) is 1.49. The van der Waals surface area contributed by atoms with Crippen LogP contribution in [0.15, 0.2) is 15.4 Å². The van der Waals surface area contributed by atoms with Gasteiger partial charge in [0.25, 0.3) is 5.91 Å². The molecule has 2 aromatic rings. The molecule has 0 aliphatic heterocycles. The summed E-state index contributed by atoms with van der Waals surface area (Å²) in [5.41, 5.74) is 0.328. The molecule has 26 heavy (non-hydrogen) atoms. The molecular formula is C18H25N5O3. The Hall–Kier alpha value is -2.51. The van der Waals surface area contributed by atoms with E-state index in [9.17, 15) is 9.59 Å². The van der Waals surface area contributed by atoms with Gasteiger partial charge in [0, 0.05) is 18.7 Å². The first kappa shape index (κ1) is 18.3. The predicted molar refractivity (Wildman–Crippen MR) is 94.7 cm³/mol. The number of aromatic nitrogens is 4. The maximum atomic E-state index is 12.6. The summed E-state index contributed by atoms with van der Waals surface area (Å²) in [7, 11) is 1.64. The first-order chi connectivity index (χ1) is 12.4. The number of carbonyl (C=O) groups excluding carboxylic acids is 1. The fraction of sp³-hybridized carbons (Fsp3) is 0.611. The van der Waals surface area contributed by atoms with Gasteiger partial charge in [0.15, 0.2) is 5.82 Å². The van der Waals surface area contributed by atoms with E-state index in [4.69, 9.17) is 4.52 Å². The van der Waals surface area contributed by atoms with E-state index in [2.05, 4.69) is 20.1 Å². The first-order valence-electron chi connectivity index (χ1n) is 9.10. The number of aromatic amines is 1. The predicted octanol–water partition coefficient (Wildman–Crippen LogP) is 2.28. The Kier molecular flexibility index (Phi) is 5.49. The zero-order valence-electron chi connectivity index (χ0n) is 15.5. The lowest BCUT2D eigenvalue weighted by atomic mass is 10.1. The lowest BCUT2D eigenvalue weighted by Gasteiger charge is -2.15. The van der Waals surface area contributed by atoms with E-state index in [0.29, 0.717) is 35.7 Å². The second-order valence-electron chi connectivity index (χ2n) is 7.39. The number of H-pyrrole nitrogens is 1. The standard InChI is InChI=1S/C18H25N5O3/c1-11(2)8-13-9-14(20-18(25)19-13)17(24)23(3)10-15-21-16(26-22-15)12-6-4-5-7-12/h9,11-12H,4-8,10H2,1-3H3,(H,19,20,25). The highest BCUT2D eigenvalue weighted by Crippen LogP contribution is 2.32. The Balaban J connectivity index is 1.69. The molecule has 1 saturated carbocycles. The van der Waals surface area contributed by atoms with Crippen LogP contribution in [-0.4, -0.2) is 38.0 Å². The normalized spacial score (nSPS) is 14.9. The lowest BCUT2D eigenvalue weighted by Crippen LogP contribution is -2.30. The average Bonchev–Trinajstić information content (AvgIpc) is 3.23. The summed E-state index contributed by atoms with van der Waals surface area (Å²) in [6.07, 6.45) is 5.20. The summed E-state index contributed by atoms with van der Waals surface area (Å²) < 4.78 is 5.35. The Morgan fingerprint density at radius 2 is 2.08 bits per heavy atom. The zero-order valence-corrected chi connectivity index (χ0v) is 15.5. The van der Waals surface area contributed by atoms with Gasteiger partial charge in [-0.05, 0) is 31.2 Å². The van der Waals surface area contributed by atoms with Gasteiger partial charge in [-0.3, -0.25) is 4.79 Å². The Morgan fingerprint density at radius 1 is 1.35 bits per heavy atom. The van der Waals surface area contributed by atoms with Crippen LogP contribution in [0.2, 0.25) is 0 Å². The van der Waals surface area contributed by atoms with Crippen molar-refractivity contribution >= 4 is 5.91 Å². The molecule has 0 bridgehead atoms. The van der Waals surface area contributed by atoms with Crippen LogP contribution < -0.4 is 5.69 Å².